The highest BCUT2D eigenvalue weighted by Crippen LogP contribution is 2.17. The molecule has 0 spiro atoms. The predicted octanol–water partition coefficient (Wildman–Crippen LogP) is 1.83. The molecule has 0 aliphatic rings. The second-order valence-corrected chi connectivity index (χ2v) is 5.30. The summed E-state index contributed by atoms with van der Waals surface area (Å²) in [7, 11) is 0. The Labute approximate surface area is 139 Å². The lowest BCUT2D eigenvalue weighted by Gasteiger charge is -2.18. The number of hydrogen-bond acceptors (Lipinski definition) is 5. The van der Waals surface area contributed by atoms with Crippen molar-refractivity contribution in [2.24, 2.45) is 0 Å². The lowest BCUT2D eigenvalue weighted by Crippen LogP contribution is -2.39. The van der Waals surface area contributed by atoms with E-state index >= 15 is 0 Å². The van der Waals surface area contributed by atoms with Crippen molar-refractivity contribution in [1.82, 2.24) is 20.8 Å². The Kier molecular flexibility index (Phi) is 6.30. The molecule has 1 atom stereocenters. The highest BCUT2D eigenvalue weighted by molar-refractivity contribution is 5.74. The van der Waals surface area contributed by atoms with Gasteiger partial charge < -0.3 is 20.3 Å². The van der Waals surface area contributed by atoms with Gasteiger partial charge in [0, 0.05) is 13.0 Å². The molecule has 0 saturated carbocycles. The molecule has 3 N–H and O–H groups in total. The Morgan fingerprint density at radius 2 is 2.04 bits per heavy atom. The van der Waals surface area contributed by atoms with E-state index in [4.69, 9.17) is 9.63 Å². The van der Waals surface area contributed by atoms with Crippen LogP contribution in [0, 0.1) is 6.92 Å². The SMILES string of the molecule is Cc1noc(CC(NC(=O)NCCCC(=O)O)c2ccccc2)n1. The van der Waals surface area contributed by atoms with Gasteiger partial charge in [0.2, 0.25) is 5.89 Å². The van der Waals surface area contributed by atoms with Gasteiger partial charge in [-0.1, -0.05) is 35.5 Å². The minimum Gasteiger partial charge on any atom is -0.481 e. The largest absolute Gasteiger partial charge is 0.481 e. The van der Waals surface area contributed by atoms with E-state index in [2.05, 4.69) is 20.8 Å². The van der Waals surface area contributed by atoms with Gasteiger partial charge in [-0.25, -0.2) is 4.79 Å². The van der Waals surface area contributed by atoms with Crippen LogP contribution in [-0.4, -0.2) is 33.8 Å². The molecule has 0 saturated heterocycles. The minimum absolute atomic E-state index is 0.0175. The molecule has 24 heavy (non-hydrogen) atoms. The number of aryl methyl sites for hydroxylation is 1. The van der Waals surface area contributed by atoms with Crippen LogP contribution in [0.25, 0.3) is 0 Å². The summed E-state index contributed by atoms with van der Waals surface area (Å²) in [6.45, 7) is 2.02. The molecule has 1 unspecified atom stereocenters. The number of aliphatic carboxylic acids is 1. The van der Waals surface area contributed by atoms with Crippen LogP contribution in [0.5, 0.6) is 0 Å². The Hall–Kier alpha value is -2.90. The average Bonchev–Trinajstić information content (AvgIpc) is 2.97. The summed E-state index contributed by atoms with van der Waals surface area (Å²) in [4.78, 5) is 26.7. The third kappa shape index (κ3) is 5.71. The second-order valence-electron chi connectivity index (χ2n) is 5.30. The van der Waals surface area contributed by atoms with E-state index in [0.29, 0.717) is 31.1 Å². The zero-order valence-corrected chi connectivity index (χ0v) is 13.4. The van der Waals surface area contributed by atoms with Gasteiger partial charge in [0.25, 0.3) is 0 Å². The summed E-state index contributed by atoms with van der Waals surface area (Å²) >= 11 is 0. The van der Waals surface area contributed by atoms with Crippen LogP contribution >= 0.6 is 0 Å². The van der Waals surface area contributed by atoms with E-state index in [9.17, 15) is 9.59 Å². The molecule has 2 aromatic rings. The number of nitrogens with one attached hydrogen (secondary N) is 2. The normalized spacial score (nSPS) is 11.7. The maximum Gasteiger partial charge on any atom is 0.315 e. The molecule has 2 amide bonds. The number of rotatable bonds is 8. The van der Waals surface area contributed by atoms with Gasteiger partial charge in [-0.2, -0.15) is 4.98 Å². The van der Waals surface area contributed by atoms with E-state index in [1.54, 1.807) is 6.92 Å². The van der Waals surface area contributed by atoms with Crippen LogP contribution in [0.1, 0.15) is 36.2 Å². The first-order chi connectivity index (χ1) is 11.5. The number of carbonyl (C=O) groups is 2. The van der Waals surface area contributed by atoms with Crippen molar-refractivity contribution in [1.29, 1.82) is 0 Å². The average molecular weight is 332 g/mol. The fourth-order valence-corrected chi connectivity index (χ4v) is 2.19. The Morgan fingerprint density at radius 1 is 1.29 bits per heavy atom. The standard InChI is InChI=1S/C16H20N4O4/c1-11-18-14(24-20-11)10-13(12-6-3-2-4-7-12)19-16(23)17-9-5-8-15(21)22/h2-4,6-7,13H,5,8-10H2,1H3,(H,21,22)(H2,17,19,23). The van der Waals surface area contributed by atoms with Crippen molar-refractivity contribution < 1.29 is 19.2 Å². The third-order valence-corrected chi connectivity index (χ3v) is 3.31. The first-order valence-corrected chi connectivity index (χ1v) is 7.65. The number of amides is 2. The van der Waals surface area contributed by atoms with Crippen LogP contribution in [0.3, 0.4) is 0 Å². The van der Waals surface area contributed by atoms with Crippen LogP contribution in [0.4, 0.5) is 4.79 Å². The lowest BCUT2D eigenvalue weighted by molar-refractivity contribution is -0.137. The molecule has 1 heterocycles. The summed E-state index contributed by atoms with van der Waals surface area (Å²) in [6.07, 6.45) is 0.763. The first-order valence-electron chi connectivity index (χ1n) is 7.65. The van der Waals surface area contributed by atoms with Gasteiger partial charge in [0.05, 0.1) is 12.5 Å². The maximum atomic E-state index is 12.0. The summed E-state index contributed by atoms with van der Waals surface area (Å²) < 4.78 is 5.12. The van der Waals surface area contributed by atoms with Crippen molar-refractivity contribution in [3.63, 3.8) is 0 Å². The molecule has 0 aliphatic carbocycles. The van der Waals surface area contributed by atoms with Crippen molar-refractivity contribution >= 4 is 12.0 Å². The summed E-state index contributed by atoms with van der Waals surface area (Å²) in [5.41, 5.74) is 0.911. The van der Waals surface area contributed by atoms with Gasteiger partial charge >= 0.3 is 12.0 Å². The molecule has 0 fully saturated rings. The Balaban J connectivity index is 1.95. The molecule has 0 bridgehead atoms. The first kappa shape index (κ1) is 17.5. The Bertz CT molecular complexity index is 672. The van der Waals surface area contributed by atoms with Gasteiger partial charge in [-0.05, 0) is 18.9 Å². The minimum atomic E-state index is -0.883. The number of aromatic nitrogens is 2. The van der Waals surface area contributed by atoms with E-state index < -0.39 is 5.97 Å². The molecule has 8 nitrogen and oxygen atoms in total. The molecule has 2 rings (SSSR count). The molecule has 8 heteroatoms. The second kappa shape index (κ2) is 8.66. The van der Waals surface area contributed by atoms with Crippen LogP contribution in [0.2, 0.25) is 0 Å². The molecule has 1 aromatic heterocycles. The zero-order chi connectivity index (χ0) is 17.4. The van der Waals surface area contributed by atoms with Gasteiger partial charge in [0.15, 0.2) is 5.82 Å². The number of urea groups is 1. The van der Waals surface area contributed by atoms with Crippen LogP contribution < -0.4 is 10.6 Å². The number of hydrogen-bond donors (Lipinski definition) is 3. The van der Waals surface area contributed by atoms with Crippen molar-refractivity contribution in [3.8, 4) is 0 Å². The fourth-order valence-electron chi connectivity index (χ4n) is 2.19. The summed E-state index contributed by atoms with van der Waals surface area (Å²) in [5.74, 6) is 0.0913. The monoisotopic (exact) mass is 332 g/mol. The topological polar surface area (TPSA) is 117 Å². The molecular weight excluding hydrogens is 312 g/mol. The Morgan fingerprint density at radius 3 is 2.67 bits per heavy atom. The number of benzene rings is 1. The highest BCUT2D eigenvalue weighted by Gasteiger charge is 2.18. The quantitative estimate of drug-likeness (QED) is 0.635. The highest BCUT2D eigenvalue weighted by atomic mass is 16.5. The zero-order valence-electron chi connectivity index (χ0n) is 13.4. The smallest absolute Gasteiger partial charge is 0.315 e. The number of carboxylic acid groups (broad SMARTS) is 1. The molecule has 1 aromatic carbocycles. The number of carbonyl (C=O) groups excluding carboxylic acids is 1. The maximum absolute atomic E-state index is 12.0. The van der Waals surface area contributed by atoms with Gasteiger partial charge in [-0.15, -0.1) is 0 Å². The van der Waals surface area contributed by atoms with Crippen LogP contribution in [-0.2, 0) is 11.2 Å². The van der Waals surface area contributed by atoms with E-state index in [1.807, 2.05) is 30.3 Å². The molecule has 0 radical (unpaired) electrons. The number of nitrogens with zero attached hydrogens (tertiary/aromatic N) is 2. The predicted molar refractivity (Wildman–Crippen MR) is 85.3 cm³/mol. The number of carboxylic acids is 1. The van der Waals surface area contributed by atoms with Crippen molar-refractivity contribution in [2.45, 2.75) is 32.2 Å². The van der Waals surface area contributed by atoms with Crippen LogP contribution in [0.15, 0.2) is 34.9 Å². The van der Waals surface area contributed by atoms with E-state index in [0.717, 1.165) is 5.56 Å². The van der Waals surface area contributed by atoms with E-state index in [1.165, 1.54) is 0 Å². The molecular formula is C16H20N4O4. The molecule has 128 valence electrons. The van der Waals surface area contributed by atoms with Gasteiger partial charge in [0.1, 0.15) is 0 Å². The van der Waals surface area contributed by atoms with Gasteiger partial charge in [-0.3, -0.25) is 4.79 Å². The molecule has 0 aliphatic heterocycles. The van der Waals surface area contributed by atoms with Crippen molar-refractivity contribution in [2.75, 3.05) is 6.54 Å². The van der Waals surface area contributed by atoms with E-state index in [-0.39, 0.29) is 18.5 Å². The third-order valence-electron chi connectivity index (χ3n) is 3.31. The fraction of sp³-hybridized carbons (Fsp3) is 0.375. The lowest BCUT2D eigenvalue weighted by atomic mass is 10.0. The summed E-state index contributed by atoms with van der Waals surface area (Å²) in [5, 5.41) is 17.8. The summed E-state index contributed by atoms with van der Waals surface area (Å²) in [6, 6.07) is 8.76. The van der Waals surface area contributed by atoms with Crippen molar-refractivity contribution in [3.05, 3.63) is 47.6 Å².